The first-order chi connectivity index (χ1) is 11.2. The lowest BCUT2D eigenvalue weighted by Crippen LogP contribution is -1.78. The molecule has 0 saturated carbocycles. The number of aromatic nitrogens is 1. The zero-order valence-corrected chi connectivity index (χ0v) is 16.3. The van der Waals surface area contributed by atoms with Gasteiger partial charge in [0.1, 0.15) is 6.26 Å². The van der Waals surface area contributed by atoms with E-state index in [1.165, 1.54) is 0 Å². The minimum absolute atomic E-state index is 0.833. The predicted molar refractivity (Wildman–Crippen MR) is 101 cm³/mol. The maximum absolute atomic E-state index is 9.00. The highest BCUT2D eigenvalue weighted by Crippen LogP contribution is 2.16. The molecule has 0 spiro atoms. The number of benzene rings is 1. The smallest absolute Gasteiger partial charge is 0.300 e. The van der Waals surface area contributed by atoms with Gasteiger partial charge in [-0.1, -0.05) is 90.9 Å². The van der Waals surface area contributed by atoms with Crippen molar-refractivity contribution in [3.8, 4) is 11.1 Å². The summed E-state index contributed by atoms with van der Waals surface area (Å²) in [6.45, 7) is 17.1. The van der Waals surface area contributed by atoms with E-state index >= 15 is 0 Å². The van der Waals surface area contributed by atoms with Crippen LogP contribution in [-0.2, 0) is 4.79 Å². The Kier molecular flexibility index (Phi) is 35.4. The zero-order chi connectivity index (χ0) is 19.1. The number of carboxylic acids is 1. The lowest BCUT2D eigenvalue weighted by atomic mass is 10.1. The Balaban J connectivity index is -0.000000128. The fourth-order valence-electron chi connectivity index (χ4n) is 0.978. The molecule has 0 aliphatic heterocycles. The highest BCUT2D eigenvalue weighted by atomic mass is 16.5. The molecule has 0 saturated heterocycles. The minimum atomic E-state index is -0.833. The van der Waals surface area contributed by atoms with Gasteiger partial charge in [0, 0.05) is 12.5 Å². The standard InChI is InChI=1S/C9H7NO.C2H4O2.4C2H6/c1-2-4-8(5-3-1)9-6-10-11-7-9;1-2(3)4;4*1-2/h1-7H;1H3,(H,3,4);4*1-2H3. The van der Waals surface area contributed by atoms with Gasteiger partial charge in [0.15, 0.2) is 0 Å². The molecule has 0 atom stereocenters. The largest absolute Gasteiger partial charge is 0.481 e. The summed E-state index contributed by atoms with van der Waals surface area (Å²) in [6, 6.07) is 10.0. The van der Waals surface area contributed by atoms with Crippen LogP contribution in [0, 0.1) is 0 Å². The topological polar surface area (TPSA) is 63.3 Å². The Morgan fingerprint density at radius 1 is 0.870 bits per heavy atom. The van der Waals surface area contributed by atoms with Gasteiger partial charge in [-0.15, -0.1) is 0 Å². The van der Waals surface area contributed by atoms with E-state index in [0.717, 1.165) is 18.1 Å². The first-order valence-corrected chi connectivity index (χ1v) is 8.34. The third-order valence-corrected chi connectivity index (χ3v) is 1.54. The number of nitrogens with zero attached hydrogens (tertiary/aromatic N) is 1. The molecule has 1 aromatic carbocycles. The molecule has 1 N–H and O–H groups in total. The normalized spacial score (nSPS) is 6.83. The van der Waals surface area contributed by atoms with Crippen LogP contribution < -0.4 is 0 Å². The monoisotopic (exact) mass is 325 g/mol. The Bertz CT molecular complexity index is 394. The Morgan fingerprint density at radius 3 is 1.57 bits per heavy atom. The molecular weight excluding hydrogens is 290 g/mol. The fourth-order valence-corrected chi connectivity index (χ4v) is 0.978. The van der Waals surface area contributed by atoms with E-state index in [-0.39, 0.29) is 0 Å². The molecule has 2 rings (SSSR count). The van der Waals surface area contributed by atoms with Crippen molar-refractivity contribution in [1.29, 1.82) is 0 Å². The van der Waals surface area contributed by atoms with Crippen molar-refractivity contribution in [2.75, 3.05) is 0 Å². The average molecular weight is 325 g/mol. The molecule has 23 heavy (non-hydrogen) atoms. The van der Waals surface area contributed by atoms with Gasteiger partial charge in [0.05, 0.1) is 6.20 Å². The fraction of sp³-hybridized carbons (Fsp3) is 0.474. The Labute approximate surface area is 142 Å². The van der Waals surface area contributed by atoms with Crippen LogP contribution in [0.2, 0.25) is 0 Å². The average Bonchev–Trinajstić information content (AvgIpc) is 3.17. The van der Waals surface area contributed by atoms with Gasteiger partial charge in [0.25, 0.3) is 5.97 Å². The number of carbonyl (C=O) groups is 1. The molecule has 1 heterocycles. The molecular formula is C19H35NO3. The van der Waals surface area contributed by atoms with Crippen LogP contribution in [0.4, 0.5) is 0 Å². The van der Waals surface area contributed by atoms with Crippen LogP contribution in [0.15, 0.2) is 47.3 Å². The molecule has 0 aliphatic carbocycles. The second kappa shape index (κ2) is 28.1. The lowest BCUT2D eigenvalue weighted by molar-refractivity contribution is -0.134. The molecule has 0 aliphatic rings. The Morgan fingerprint density at radius 2 is 1.26 bits per heavy atom. The molecule has 1 aromatic heterocycles. The molecule has 0 amide bonds. The van der Waals surface area contributed by atoms with E-state index in [0.29, 0.717) is 0 Å². The highest BCUT2D eigenvalue weighted by molar-refractivity contribution is 5.63. The summed E-state index contributed by atoms with van der Waals surface area (Å²) >= 11 is 0. The van der Waals surface area contributed by atoms with E-state index in [1.54, 1.807) is 12.5 Å². The quantitative estimate of drug-likeness (QED) is 0.646. The number of aliphatic carboxylic acids is 1. The van der Waals surface area contributed by atoms with E-state index in [2.05, 4.69) is 5.16 Å². The van der Waals surface area contributed by atoms with Crippen LogP contribution in [0.25, 0.3) is 11.1 Å². The summed E-state index contributed by atoms with van der Waals surface area (Å²) in [4.78, 5) is 9.00. The lowest BCUT2D eigenvalue weighted by Gasteiger charge is -1.91. The van der Waals surface area contributed by atoms with Crippen molar-refractivity contribution >= 4 is 5.97 Å². The van der Waals surface area contributed by atoms with Crippen LogP contribution in [0.1, 0.15) is 62.3 Å². The van der Waals surface area contributed by atoms with Crippen molar-refractivity contribution in [3.63, 3.8) is 0 Å². The van der Waals surface area contributed by atoms with Gasteiger partial charge < -0.3 is 9.63 Å². The molecule has 0 fully saturated rings. The van der Waals surface area contributed by atoms with E-state index in [1.807, 2.05) is 85.7 Å². The molecule has 134 valence electrons. The zero-order valence-electron chi connectivity index (χ0n) is 16.3. The van der Waals surface area contributed by atoms with E-state index in [9.17, 15) is 0 Å². The van der Waals surface area contributed by atoms with Gasteiger partial charge in [-0.2, -0.15) is 0 Å². The van der Waals surface area contributed by atoms with Crippen molar-refractivity contribution < 1.29 is 14.4 Å². The first kappa shape index (κ1) is 29.0. The van der Waals surface area contributed by atoms with Gasteiger partial charge in [0.2, 0.25) is 0 Å². The van der Waals surface area contributed by atoms with Crippen molar-refractivity contribution in [2.45, 2.75) is 62.3 Å². The highest BCUT2D eigenvalue weighted by Gasteiger charge is 1.96. The van der Waals surface area contributed by atoms with Crippen molar-refractivity contribution in [3.05, 3.63) is 42.8 Å². The van der Waals surface area contributed by atoms with Crippen LogP contribution >= 0.6 is 0 Å². The number of hydrogen-bond donors (Lipinski definition) is 1. The maximum Gasteiger partial charge on any atom is 0.300 e. The number of hydrogen-bond acceptors (Lipinski definition) is 3. The number of rotatable bonds is 1. The van der Waals surface area contributed by atoms with Gasteiger partial charge in [-0.05, 0) is 5.56 Å². The van der Waals surface area contributed by atoms with E-state index in [4.69, 9.17) is 14.4 Å². The van der Waals surface area contributed by atoms with Crippen LogP contribution in [0.3, 0.4) is 0 Å². The first-order valence-electron chi connectivity index (χ1n) is 8.34. The summed E-state index contributed by atoms with van der Waals surface area (Å²) in [7, 11) is 0. The molecule has 0 bridgehead atoms. The molecule has 0 radical (unpaired) electrons. The van der Waals surface area contributed by atoms with Crippen LogP contribution in [-0.4, -0.2) is 16.2 Å². The SMILES string of the molecule is CC.CC.CC.CC.CC(=O)O.c1ccc(-c2cnoc2)cc1. The molecule has 2 aromatic rings. The summed E-state index contributed by atoms with van der Waals surface area (Å²) < 4.78 is 4.72. The second-order valence-corrected chi connectivity index (χ2v) is 2.80. The summed E-state index contributed by atoms with van der Waals surface area (Å²) in [5.74, 6) is -0.833. The predicted octanol–water partition coefficient (Wildman–Crippen LogP) is 6.54. The Hall–Kier alpha value is -2.10. The third kappa shape index (κ3) is 22.3. The summed E-state index contributed by atoms with van der Waals surface area (Å²) in [5, 5.41) is 11.0. The van der Waals surface area contributed by atoms with Crippen molar-refractivity contribution in [2.24, 2.45) is 0 Å². The van der Waals surface area contributed by atoms with Crippen LogP contribution in [0.5, 0.6) is 0 Å². The van der Waals surface area contributed by atoms with Gasteiger partial charge in [-0.3, -0.25) is 4.79 Å². The van der Waals surface area contributed by atoms with Gasteiger partial charge in [-0.25, -0.2) is 0 Å². The van der Waals surface area contributed by atoms with Crippen molar-refractivity contribution in [1.82, 2.24) is 5.16 Å². The second-order valence-electron chi connectivity index (χ2n) is 2.80. The minimum Gasteiger partial charge on any atom is -0.481 e. The third-order valence-electron chi connectivity index (χ3n) is 1.54. The molecule has 0 unspecified atom stereocenters. The molecule has 4 nitrogen and oxygen atoms in total. The van der Waals surface area contributed by atoms with E-state index < -0.39 is 5.97 Å². The summed E-state index contributed by atoms with van der Waals surface area (Å²) in [5.41, 5.74) is 2.15. The number of carboxylic acid groups (broad SMARTS) is 1. The molecule has 4 heteroatoms. The maximum atomic E-state index is 9.00. The summed E-state index contributed by atoms with van der Waals surface area (Å²) in [6.07, 6.45) is 3.34. The van der Waals surface area contributed by atoms with Gasteiger partial charge >= 0.3 is 0 Å².